The van der Waals surface area contributed by atoms with Crippen LogP contribution in [0.15, 0.2) is 93.7 Å². The van der Waals surface area contributed by atoms with Gasteiger partial charge in [0, 0.05) is 0 Å². The fourth-order valence-corrected chi connectivity index (χ4v) is 13.8. The van der Waals surface area contributed by atoms with Crippen molar-refractivity contribution in [2.24, 2.45) is 0 Å². The molecule has 0 saturated carbocycles. The highest BCUT2D eigenvalue weighted by Crippen LogP contribution is 2.68. The van der Waals surface area contributed by atoms with E-state index in [0.717, 1.165) is 0 Å². The molecule has 6 rings (SSSR count). The monoisotopic (exact) mass is 536 g/mol. The maximum absolute atomic E-state index is 2.37. The van der Waals surface area contributed by atoms with Gasteiger partial charge in [0.05, 0.1) is 25.4 Å². The second-order valence-electron chi connectivity index (χ2n) is 6.92. The summed E-state index contributed by atoms with van der Waals surface area (Å²) < 4.78 is 8.94. The molecular formula is C22H16S8. The third kappa shape index (κ3) is 4.32. The van der Waals surface area contributed by atoms with Crippen molar-refractivity contribution < 1.29 is 0 Å². The van der Waals surface area contributed by atoms with Gasteiger partial charge in [0.2, 0.25) is 0 Å². The first kappa shape index (κ1) is 21.0. The molecule has 8 heteroatoms. The van der Waals surface area contributed by atoms with E-state index in [1.807, 2.05) is 94.1 Å². The summed E-state index contributed by atoms with van der Waals surface area (Å²) in [6, 6.07) is 0. The van der Waals surface area contributed by atoms with Gasteiger partial charge in [-0.3, -0.25) is 0 Å². The molecule has 0 aromatic heterocycles. The summed E-state index contributed by atoms with van der Waals surface area (Å²) in [5, 5.41) is 8.76. The maximum Gasteiger partial charge on any atom is 0.0717 e. The van der Waals surface area contributed by atoms with Crippen LogP contribution in [0.2, 0.25) is 0 Å². The smallest absolute Gasteiger partial charge is 0.0717 e. The summed E-state index contributed by atoms with van der Waals surface area (Å²) in [4.78, 5) is 0. The summed E-state index contributed by atoms with van der Waals surface area (Å²) >= 11 is 15.5. The normalized spacial score (nSPS) is 25.9. The Labute approximate surface area is 211 Å². The first-order valence-electron chi connectivity index (χ1n) is 9.54. The summed E-state index contributed by atoms with van der Waals surface area (Å²) in [7, 11) is 0. The quantitative estimate of drug-likeness (QED) is 0.296. The molecule has 30 heavy (non-hydrogen) atoms. The summed E-state index contributed by atoms with van der Waals surface area (Å²) in [6.45, 7) is 0. The zero-order valence-electron chi connectivity index (χ0n) is 15.7. The minimum Gasteiger partial charge on any atom is -0.0899 e. The van der Waals surface area contributed by atoms with Gasteiger partial charge in [-0.1, -0.05) is 118 Å². The van der Waals surface area contributed by atoms with Crippen LogP contribution in [0.4, 0.5) is 0 Å². The van der Waals surface area contributed by atoms with Gasteiger partial charge in [0.25, 0.3) is 0 Å². The van der Waals surface area contributed by atoms with Crippen LogP contribution in [-0.4, -0.2) is 0 Å². The van der Waals surface area contributed by atoms with E-state index in [1.54, 1.807) is 0 Å². The van der Waals surface area contributed by atoms with E-state index in [1.165, 1.54) is 73.4 Å². The van der Waals surface area contributed by atoms with Crippen LogP contribution in [0.5, 0.6) is 0 Å². The highest BCUT2D eigenvalue weighted by molar-refractivity contribution is 8.48. The lowest BCUT2D eigenvalue weighted by Gasteiger charge is -2.16. The molecule has 0 saturated heterocycles. The van der Waals surface area contributed by atoms with Crippen LogP contribution in [-0.2, 0) is 0 Å². The van der Waals surface area contributed by atoms with Crippen LogP contribution in [0.1, 0.15) is 25.7 Å². The highest BCUT2D eigenvalue weighted by atomic mass is 32.3. The topological polar surface area (TPSA) is 0 Å². The Morgan fingerprint density at radius 1 is 0.367 bits per heavy atom. The second-order valence-corrected chi connectivity index (χ2v) is 16.2. The number of hydrogen-bond donors (Lipinski definition) is 0. The van der Waals surface area contributed by atoms with Crippen molar-refractivity contribution in [2.45, 2.75) is 25.7 Å². The Balaban J connectivity index is 1.13. The lowest BCUT2D eigenvalue weighted by Crippen LogP contribution is -1.94. The minimum atomic E-state index is 1.17. The van der Waals surface area contributed by atoms with E-state index in [9.17, 15) is 0 Å². The minimum absolute atomic E-state index is 1.17. The molecule has 6 aliphatic rings. The molecule has 0 radical (unpaired) electrons. The molecule has 4 aliphatic heterocycles. The van der Waals surface area contributed by atoms with Gasteiger partial charge >= 0.3 is 0 Å². The molecule has 0 amide bonds. The van der Waals surface area contributed by atoms with Gasteiger partial charge in [-0.25, -0.2) is 0 Å². The molecule has 0 atom stereocenters. The lowest BCUT2D eigenvalue weighted by atomic mass is 10.00. The van der Waals surface area contributed by atoms with E-state index < -0.39 is 0 Å². The molecule has 0 unspecified atom stereocenters. The molecule has 152 valence electrons. The molecule has 0 nitrogen and oxygen atoms in total. The van der Waals surface area contributed by atoms with Gasteiger partial charge in [0.1, 0.15) is 0 Å². The van der Waals surface area contributed by atoms with Gasteiger partial charge in [-0.05, 0) is 69.6 Å². The van der Waals surface area contributed by atoms with Gasteiger partial charge in [-0.15, -0.1) is 0 Å². The van der Waals surface area contributed by atoms with E-state index >= 15 is 0 Å². The molecule has 0 spiro atoms. The molecule has 0 N–H and O–H groups in total. The van der Waals surface area contributed by atoms with Crippen molar-refractivity contribution in [3.8, 4) is 0 Å². The van der Waals surface area contributed by atoms with Crippen molar-refractivity contribution in [2.75, 3.05) is 0 Å². The molecule has 0 aromatic rings. The first-order chi connectivity index (χ1) is 14.8. The van der Waals surface area contributed by atoms with Crippen molar-refractivity contribution in [1.29, 1.82) is 0 Å². The van der Waals surface area contributed by atoms with E-state index in [2.05, 4.69) is 45.9 Å². The van der Waals surface area contributed by atoms with Crippen molar-refractivity contribution in [3.05, 3.63) is 93.7 Å². The second kappa shape index (κ2) is 9.37. The molecule has 4 heterocycles. The Bertz CT molecular complexity index is 964. The average molecular weight is 537 g/mol. The number of rotatable bonds is 0. The van der Waals surface area contributed by atoms with Crippen LogP contribution in [0, 0.1) is 0 Å². The van der Waals surface area contributed by atoms with Gasteiger partial charge in [-0.2, -0.15) is 0 Å². The Kier molecular flexibility index (Phi) is 6.57. The third-order valence-electron chi connectivity index (χ3n) is 5.07. The van der Waals surface area contributed by atoms with Crippen LogP contribution in [0.3, 0.4) is 0 Å². The highest BCUT2D eigenvalue weighted by Gasteiger charge is 2.33. The Morgan fingerprint density at radius 3 is 0.967 bits per heavy atom. The summed E-state index contributed by atoms with van der Waals surface area (Å²) in [5.74, 6) is 0. The number of hydrogen-bond acceptors (Lipinski definition) is 8. The predicted molar refractivity (Wildman–Crippen MR) is 151 cm³/mol. The van der Waals surface area contributed by atoms with Crippen molar-refractivity contribution in [1.82, 2.24) is 0 Å². The van der Waals surface area contributed by atoms with Crippen molar-refractivity contribution in [3.63, 3.8) is 0 Å². The average Bonchev–Trinajstić information content (AvgIpc) is 3.58. The SMILES string of the molecule is C1=CSC(=C2C=CC(=C3SC4=C(S3)SC(=C3C=CC(=C5SC=CS5)CC3)S4)CC2)S1. The van der Waals surface area contributed by atoms with Crippen LogP contribution < -0.4 is 0 Å². The Morgan fingerprint density at radius 2 is 0.667 bits per heavy atom. The first-order valence-corrected chi connectivity index (χ1v) is 16.3. The van der Waals surface area contributed by atoms with Crippen LogP contribution in [0.25, 0.3) is 0 Å². The fourth-order valence-electron chi connectivity index (χ4n) is 3.52. The molecule has 0 fully saturated rings. The fraction of sp³-hybridized carbons (Fsp3) is 0.182. The molecule has 0 bridgehead atoms. The van der Waals surface area contributed by atoms with Gasteiger partial charge in [0.15, 0.2) is 0 Å². The van der Waals surface area contributed by atoms with E-state index in [0.29, 0.717) is 0 Å². The summed E-state index contributed by atoms with van der Waals surface area (Å²) in [5.41, 5.74) is 6.06. The number of allylic oxidation sites excluding steroid dienone is 8. The lowest BCUT2D eigenvalue weighted by molar-refractivity contribution is 0.949. The van der Waals surface area contributed by atoms with E-state index in [-0.39, 0.29) is 0 Å². The third-order valence-corrected chi connectivity index (χ3v) is 15.4. The van der Waals surface area contributed by atoms with Crippen LogP contribution >= 0.6 is 94.1 Å². The largest absolute Gasteiger partial charge is 0.0899 e. The Hall–Kier alpha value is 0.460. The molecule has 0 aromatic carbocycles. The zero-order chi connectivity index (χ0) is 19.9. The standard InChI is InChI=1S/C22H16S8/c1-5-15(6-2-13(1)17-23-9-10-24-17)19-27-21-22(28-19)30-20(29-21)16-7-3-14(4-8-16)18-25-11-12-26-18/h1,3,5,7,9-12H,2,4,6,8H2. The van der Waals surface area contributed by atoms with Crippen molar-refractivity contribution >= 4 is 94.1 Å². The zero-order valence-corrected chi connectivity index (χ0v) is 22.2. The number of thioether (sulfide) groups is 8. The molecular weight excluding hydrogens is 521 g/mol. The maximum atomic E-state index is 2.37. The van der Waals surface area contributed by atoms with Gasteiger partial charge < -0.3 is 0 Å². The summed E-state index contributed by atoms with van der Waals surface area (Å²) in [6.07, 6.45) is 14.1. The van der Waals surface area contributed by atoms with E-state index in [4.69, 9.17) is 0 Å². The molecule has 2 aliphatic carbocycles. The predicted octanol–water partition coefficient (Wildman–Crippen LogP) is 10.5.